The Morgan fingerprint density at radius 1 is 1.32 bits per heavy atom. The summed E-state index contributed by atoms with van der Waals surface area (Å²) in [5.41, 5.74) is -0.417. The fourth-order valence-electron chi connectivity index (χ4n) is 2.17. The number of carbonyl (C=O) groups is 1. The van der Waals surface area contributed by atoms with Gasteiger partial charge < -0.3 is 19.7 Å². The molecule has 1 saturated heterocycles. The summed E-state index contributed by atoms with van der Waals surface area (Å²) in [6.45, 7) is 8.85. The fraction of sp³-hybridized carbons (Fsp3) is 0.929. The van der Waals surface area contributed by atoms with E-state index in [0.717, 1.165) is 45.5 Å². The topological polar surface area (TPSA) is 50.8 Å². The first-order valence-electron chi connectivity index (χ1n) is 7.12. The number of methoxy groups -OCH3 is 1. The molecule has 0 aliphatic carbocycles. The lowest BCUT2D eigenvalue weighted by Crippen LogP contribution is -2.38. The highest BCUT2D eigenvalue weighted by Crippen LogP contribution is 2.15. The van der Waals surface area contributed by atoms with Gasteiger partial charge in [0.05, 0.1) is 6.61 Å². The Labute approximate surface area is 116 Å². The van der Waals surface area contributed by atoms with Crippen LogP contribution in [0, 0.1) is 0 Å². The van der Waals surface area contributed by atoms with Gasteiger partial charge in [0, 0.05) is 32.8 Å². The predicted octanol–water partition coefficient (Wildman–Crippen LogP) is 2.01. The highest BCUT2D eigenvalue weighted by molar-refractivity contribution is 5.68. The normalized spacial score (nSPS) is 21.1. The van der Waals surface area contributed by atoms with Crippen LogP contribution in [0.1, 0.15) is 40.0 Å². The van der Waals surface area contributed by atoms with Gasteiger partial charge in [0.25, 0.3) is 0 Å². The Morgan fingerprint density at radius 3 is 2.68 bits per heavy atom. The van der Waals surface area contributed by atoms with Crippen molar-refractivity contribution in [2.24, 2.45) is 0 Å². The van der Waals surface area contributed by atoms with Crippen LogP contribution in [-0.2, 0) is 9.47 Å². The second-order valence-corrected chi connectivity index (χ2v) is 6.04. The smallest absolute Gasteiger partial charge is 0.410 e. The van der Waals surface area contributed by atoms with E-state index in [0.29, 0.717) is 6.04 Å². The van der Waals surface area contributed by atoms with Crippen LogP contribution < -0.4 is 5.32 Å². The van der Waals surface area contributed by atoms with Crippen molar-refractivity contribution in [1.29, 1.82) is 0 Å². The van der Waals surface area contributed by atoms with E-state index >= 15 is 0 Å². The molecule has 0 aromatic heterocycles. The summed E-state index contributed by atoms with van der Waals surface area (Å²) >= 11 is 0. The zero-order chi connectivity index (χ0) is 14.3. The molecule has 0 saturated carbocycles. The van der Waals surface area contributed by atoms with Crippen LogP contribution in [0.15, 0.2) is 0 Å². The number of rotatable bonds is 4. The van der Waals surface area contributed by atoms with Gasteiger partial charge >= 0.3 is 6.09 Å². The second kappa shape index (κ2) is 7.70. The van der Waals surface area contributed by atoms with Crippen molar-refractivity contribution >= 4 is 6.09 Å². The van der Waals surface area contributed by atoms with E-state index in [9.17, 15) is 4.79 Å². The summed E-state index contributed by atoms with van der Waals surface area (Å²) in [6.07, 6.45) is 2.90. The van der Waals surface area contributed by atoms with E-state index in [1.54, 1.807) is 7.11 Å². The van der Waals surface area contributed by atoms with Gasteiger partial charge in [0.2, 0.25) is 0 Å². The standard InChI is InChI=1S/C14H28N2O3/c1-14(2,3)19-13(17)16-9-5-6-12(7-10-16)15-8-11-18-4/h12,15H,5-11H2,1-4H3. The molecule has 0 aromatic carbocycles. The molecule has 0 radical (unpaired) electrons. The van der Waals surface area contributed by atoms with Crippen molar-refractivity contribution in [3.8, 4) is 0 Å². The molecule has 1 fully saturated rings. The molecule has 1 heterocycles. The molecule has 112 valence electrons. The maximum absolute atomic E-state index is 12.0. The molecule has 1 atom stereocenters. The van der Waals surface area contributed by atoms with Gasteiger partial charge in [-0.05, 0) is 40.0 Å². The Kier molecular flexibility index (Phi) is 6.58. The molecule has 0 aromatic rings. The van der Waals surface area contributed by atoms with E-state index in [4.69, 9.17) is 9.47 Å². The molecule has 1 unspecified atom stereocenters. The zero-order valence-corrected chi connectivity index (χ0v) is 12.7. The molecule has 0 bridgehead atoms. The lowest BCUT2D eigenvalue weighted by molar-refractivity contribution is 0.0256. The number of ether oxygens (including phenoxy) is 2. The second-order valence-electron chi connectivity index (χ2n) is 6.04. The lowest BCUT2D eigenvalue weighted by Gasteiger charge is -2.26. The number of amides is 1. The first-order chi connectivity index (χ1) is 8.92. The summed E-state index contributed by atoms with van der Waals surface area (Å²) < 4.78 is 10.4. The number of nitrogens with one attached hydrogen (secondary N) is 1. The first-order valence-corrected chi connectivity index (χ1v) is 7.12. The SMILES string of the molecule is COCCNC1CCCN(C(=O)OC(C)(C)C)CC1. The maximum atomic E-state index is 12.0. The van der Waals surface area contributed by atoms with Crippen molar-refractivity contribution in [2.75, 3.05) is 33.4 Å². The van der Waals surface area contributed by atoms with Crippen LogP contribution in [-0.4, -0.2) is 56.0 Å². The number of carbonyl (C=O) groups excluding carboxylic acids is 1. The summed E-state index contributed by atoms with van der Waals surface area (Å²) in [5.74, 6) is 0. The molecule has 1 aliphatic rings. The third-order valence-electron chi connectivity index (χ3n) is 3.12. The average Bonchev–Trinajstić information content (AvgIpc) is 2.53. The van der Waals surface area contributed by atoms with E-state index in [1.165, 1.54) is 0 Å². The van der Waals surface area contributed by atoms with Gasteiger partial charge in [-0.3, -0.25) is 0 Å². The van der Waals surface area contributed by atoms with E-state index in [1.807, 2.05) is 25.7 Å². The van der Waals surface area contributed by atoms with Crippen molar-refractivity contribution in [3.05, 3.63) is 0 Å². The Hall–Kier alpha value is -0.810. The molecule has 5 nitrogen and oxygen atoms in total. The maximum Gasteiger partial charge on any atom is 0.410 e. The van der Waals surface area contributed by atoms with Crippen molar-refractivity contribution < 1.29 is 14.3 Å². The predicted molar refractivity (Wildman–Crippen MR) is 75.3 cm³/mol. The largest absolute Gasteiger partial charge is 0.444 e. The van der Waals surface area contributed by atoms with E-state index in [2.05, 4.69) is 5.32 Å². The van der Waals surface area contributed by atoms with Gasteiger partial charge in [0.1, 0.15) is 5.60 Å². The quantitative estimate of drug-likeness (QED) is 0.795. The molecular weight excluding hydrogens is 244 g/mol. The van der Waals surface area contributed by atoms with Crippen LogP contribution in [0.3, 0.4) is 0 Å². The molecule has 1 amide bonds. The fourth-order valence-corrected chi connectivity index (χ4v) is 2.17. The summed E-state index contributed by atoms with van der Waals surface area (Å²) in [4.78, 5) is 13.8. The molecule has 19 heavy (non-hydrogen) atoms. The Bertz CT molecular complexity index is 276. The minimum Gasteiger partial charge on any atom is -0.444 e. The number of hydrogen-bond donors (Lipinski definition) is 1. The monoisotopic (exact) mass is 272 g/mol. The number of hydrogen-bond acceptors (Lipinski definition) is 4. The third kappa shape index (κ3) is 6.78. The Balaban J connectivity index is 2.34. The van der Waals surface area contributed by atoms with Crippen LogP contribution in [0.4, 0.5) is 4.79 Å². The highest BCUT2D eigenvalue weighted by atomic mass is 16.6. The molecular formula is C14H28N2O3. The van der Waals surface area contributed by atoms with E-state index < -0.39 is 5.60 Å². The zero-order valence-electron chi connectivity index (χ0n) is 12.7. The van der Waals surface area contributed by atoms with Gasteiger partial charge in [-0.15, -0.1) is 0 Å². The average molecular weight is 272 g/mol. The third-order valence-corrected chi connectivity index (χ3v) is 3.12. The van der Waals surface area contributed by atoms with Crippen LogP contribution in [0.5, 0.6) is 0 Å². The van der Waals surface area contributed by atoms with Crippen molar-refractivity contribution in [1.82, 2.24) is 10.2 Å². The highest BCUT2D eigenvalue weighted by Gasteiger charge is 2.24. The molecule has 5 heteroatoms. The molecule has 1 aliphatic heterocycles. The summed E-state index contributed by atoms with van der Waals surface area (Å²) in [6, 6.07) is 0.475. The molecule has 1 rings (SSSR count). The van der Waals surface area contributed by atoms with Gasteiger partial charge in [0.15, 0.2) is 0 Å². The van der Waals surface area contributed by atoms with Crippen molar-refractivity contribution in [3.63, 3.8) is 0 Å². The van der Waals surface area contributed by atoms with Gasteiger partial charge in [-0.1, -0.05) is 0 Å². The first kappa shape index (κ1) is 16.2. The minimum absolute atomic E-state index is 0.190. The van der Waals surface area contributed by atoms with Crippen molar-refractivity contribution in [2.45, 2.75) is 51.7 Å². The minimum atomic E-state index is -0.417. The number of nitrogens with zero attached hydrogens (tertiary/aromatic N) is 1. The van der Waals surface area contributed by atoms with Crippen LogP contribution >= 0.6 is 0 Å². The van der Waals surface area contributed by atoms with Crippen LogP contribution in [0.2, 0.25) is 0 Å². The van der Waals surface area contributed by atoms with Gasteiger partial charge in [-0.25, -0.2) is 4.79 Å². The van der Waals surface area contributed by atoms with E-state index in [-0.39, 0.29) is 6.09 Å². The molecule has 1 N–H and O–H groups in total. The summed E-state index contributed by atoms with van der Waals surface area (Å²) in [7, 11) is 1.71. The summed E-state index contributed by atoms with van der Waals surface area (Å²) in [5, 5.41) is 3.47. The molecule has 0 spiro atoms. The lowest BCUT2D eigenvalue weighted by atomic mass is 10.1. The Morgan fingerprint density at radius 2 is 2.05 bits per heavy atom. The van der Waals surface area contributed by atoms with Gasteiger partial charge in [-0.2, -0.15) is 0 Å². The number of likely N-dealkylation sites (tertiary alicyclic amines) is 1. The van der Waals surface area contributed by atoms with Crippen LogP contribution in [0.25, 0.3) is 0 Å².